The van der Waals surface area contributed by atoms with Gasteiger partial charge in [0.2, 0.25) is 0 Å². The lowest BCUT2D eigenvalue weighted by molar-refractivity contribution is 0.231. The van der Waals surface area contributed by atoms with Crippen LogP contribution in [0.5, 0.6) is 0 Å². The molecular weight excluding hydrogens is 404 g/mol. The Kier molecular flexibility index (Phi) is 8.71. The predicted molar refractivity (Wildman–Crippen MR) is 144 cm³/mol. The lowest BCUT2D eigenvalue weighted by Crippen LogP contribution is -1.99. The van der Waals surface area contributed by atoms with Crippen molar-refractivity contribution in [3.05, 3.63) is 83.7 Å². The van der Waals surface area contributed by atoms with E-state index >= 15 is 0 Å². The van der Waals surface area contributed by atoms with Gasteiger partial charge in [0.15, 0.2) is 0 Å². The maximum atomic E-state index is 5.31. The Morgan fingerprint density at radius 2 is 1.73 bits per heavy atom. The molecular formula is C30H38N2O. The summed E-state index contributed by atoms with van der Waals surface area (Å²) in [6.07, 6.45) is 12.4. The molecule has 0 radical (unpaired) electrons. The summed E-state index contributed by atoms with van der Waals surface area (Å²) in [5.41, 5.74) is 7.22. The highest BCUT2D eigenvalue weighted by molar-refractivity contribution is 6.11. The van der Waals surface area contributed by atoms with E-state index in [1.807, 2.05) is 6.92 Å². The standard InChI is InChI=1S/C30H38N2O/c1-7-9-11-12-18-32-29-16-14-25(19-23(5)13-10-8-2)20-27(29)28-21-26(15-17-30(28)32)24(6)31-33-22(3)4/h8,10,13-17,20-21H,3,7,9,11-12,18-19H2,1-2,4-6H3/b10-8-,23-13+,31-24+. The van der Waals surface area contributed by atoms with Crippen LogP contribution in [-0.2, 0) is 17.8 Å². The zero-order chi connectivity index (χ0) is 23.8. The second-order valence-corrected chi connectivity index (χ2v) is 8.98. The number of aryl methyl sites for hydroxylation is 1. The lowest BCUT2D eigenvalue weighted by atomic mass is 10.0. The molecule has 3 heteroatoms. The Hall–Kier alpha value is -3.07. The summed E-state index contributed by atoms with van der Waals surface area (Å²) in [6, 6.07) is 13.6. The van der Waals surface area contributed by atoms with Gasteiger partial charge in [-0.1, -0.05) is 73.9 Å². The molecule has 0 saturated carbocycles. The molecule has 0 spiro atoms. The van der Waals surface area contributed by atoms with E-state index in [1.165, 1.54) is 58.6 Å². The Morgan fingerprint density at radius 1 is 1.00 bits per heavy atom. The van der Waals surface area contributed by atoms with Gasteiger partial charge in [-0.2, -0.15) is 0 Å². The van der Waals surface area contributed by atoms with Crippen molar-refractivity contribution in [1.82, 2.24) is 4.57 Å². The fourth-order valence-electron chi connectivity index (χ4n) is 4.26. The minimum Gasteiger partial charge on any atom is -0.362 e. The Bertz CT molecular complexity index is 1210. The van der Waals surface area contributed by atoms with Crippen LogP contribution in [0.3, 0.4) is 0 Å². The van der Waals surface area contributed by atoms with Crippen molar-refractivity contribution >= 4 is 27.5 Å². The van der Waals surface area contributed by atoms with Crippen LogP contribution in [0.15, 0.2) is 77.7 Å². The van der Waals surface area contributed by atoms with Gasteiger partial charge in [0, 0.05) is 28.4 Å². The molecule has 0 aliphatic heterocycles. The fourth-order valence-corrected chi connectivity index (χ4v) is 4.26. The van der Waals surface area contributed by atoms with Crippen LogP contribution < -0.4 is 0 Å². The van der Waals surface area contributed by atoms with Crippen molar-refractivity contribution in [3.8, 4) is 0 Å². The van der Waals surface area contributed by atoms with E-state index in [0.29, 0.717) is 5.76 Å². The third-order valence-electron chi connectivity index (χ3n) is 5.98. The third-order valence-corrected chi connectivity index (χ3v) is 5.98. The summed E-state index contributed by atoms with van der Waals surface area (Å²) in [4.78, 5) is 5.31. The largest absolute Gasteiger partial charge is 0.362 e. The minimum absolute atomic E-state index is 0.588. The highest BCUT2D eigenvalue weighted by Crippen LogP contribution is 2.32. The number of allylic oxidation sites excluding steroid dienone is 5. The monoisotopic (exact) mass is 442 g/mol. The highest BCUT2D eigenvalue weighted by Gasteiger charge is 2.13. The highest BCUT2D eigenvalue weighted by atomic mass is 16.6. The zero-order valence-corrected chi connectivity index (χ0v) is 20.9. The topological polar surface area (TPSA) is 26.5 Å². The second kappa shape index (κ2) is 11.7. The van der Waals surface area contributed by atoms with Crippen molar-refractivity contribution < 1.29 is 4.84 Å². The zero-order valence-electron chi connectivity index (χ0n) is 20.9. The van der Waals surface area contributed by atoms with Crippen LogP contribution in [0.25, 0.3) is 21.8 Å². The predicted octanol–water partition coefficient (Wildman–Crippen LogP) is 8.71. The molecule has 0 N–H and O–H groups in total. The summed E-state index contributed by atoms with van der Waals surface area (Å²) in [5.74, 6) is 0.588. The molecule has 3 aromatic rings. The first-order valence-corrected chi connectivity index (χ1v) is 12.2. The van der Waals surface area contributed by atoms with Gasteiger partial charge in [-0.25, -0.2) is 0 Å². The van der Waals surface area contributed by atoms with Crippen molar-refractivity contribution in [3.63, 3.8) is 0 Å². The van der Waals surface area contributed by atoms with Crippen LogP contribution >= 0.6 is 0 Å². The summed E-state index contributed by atoms with van der Waals surface area (Å²) < 4.78 is 2.49. The van der Waals surface area contributed by atoms with Crippen molar-refractivity contribution in [2.45, 2.75) is 73.3 Å². The molecule has 1 heterocycles. The number of rotatable bonds is 11. The smallest absolute Gasteiger partial charge is 0.124 e. The molecule has 2 aromatic carbocycles. The number of hydrogen-bond donors (Lipinski definition) is 0. The molecule has 0 fully saturated rings. The first kappa shape index (κ1) is 24.6. The normalized spacial score (nSPS) is 12.9. The van der Waals surface area contributed by atoms with E-state index in [4.69, 9.17) is 4.84 Å². The van der Waals surface area contributed by atoms with Gasteiger partial charge in [-0.05, 0) is 75.9 Å². The number of aromatic nitrogens is 1. The molecule has 0 saturated heterocycles. The van der Waals surface area contributed by atoms with Crippen LogP contribution in [0, 0.1) is 0 Å². The number of oxime groups is 1. The molecule has 3 rings (SSSR count). The van der Waals surface area contributed by atoms with Gasteiger partial charge in [0.05, 0.1) is 5.71 Å². The molecule has 0 aliphatic carbocycles. The third kappa shape index (κ3) is 6.25. The minimum atomic E-state index is 0.588. The molecule has 0 unspecified atom stereocenters. The van der Waals surface area contributed by atoms with Crippen molar-refractivity contribution in [2.75, 3.05) is 0 Å². The van der Waals surface area contributed by atoms with Crippen LogP contribution in [0.2, 0.25) is 0 Å². The maximum Gasteiger partial charge on any atom is 0.124 e. The Labute approximate surface area is 199 Å². The first-order valence-electron chi connectivity index (χ1n) is 12.2. The second-order valence-electron chi connectivity index (χ2n) is 8.98. The summed E-state index contributed by atoms with van der Waals surface area (Å²) >= 11 is 0. The number of unbranched alkanes of at least 4 members (excludes halogenated alkanes) is 3. The Balaban J connectivity index is 2.08. The average molecular weight is 443 g/mol. The Morgan fingerprint density at radius 3 is 2.42 bits per heavy atom. The van der Waals surface area contributed by atoms with Gasteiger partial charge in [0.25, 0.3) is 0 Å². The van der Waals surface area contributed by atoms with Crippen molar-refractivity contribution in [1.29, 1.82) is 0 Å². The molecule has 174 valence electrons. The van der Waals surface area contributed by atoms with Crippen LogP contribution in [0.1, 0.15) is 71.4 Å². The lowest BCUT2D eigenvalue weighted by Gasteiger charge is -2.08. The maximum absolute atomic E-state index is 5.31. The number of benzene rings is 2. The summed E-state index contributed by atoms with van der Waals surface area (Å²) in [6.45, 7) is 15.1. The summed E-state index contributed by atoms with van der Waals surface area (Å²) in [5, 5.41) is 6.83. The molecule has 3 nitrogen and oxygen atoms in total. The van der Waals surface area contributed by atoms with E-state index < -0.39 is 0 Å². The van der Waals surface area contributed by atoms with Gasteiger partial charge in [-0.3, -0.25) is 0 Å². The van der Waals surface area contributed by atoms with Gasteiger partial charge < -0.3 is 9.40 Å². The van der Waals surface area contributed by atoms with Gasteiger partial charge >= 0.3 is 0 Å². The molecule has 1 aromatic heterocycles. The molecule has 0 aliphatic rings. The van der Waals surface area contributed by atoms with E-state index in [9.17, 15) is 0 Å². The van der Waals surface area contributed by atoms with Gasteiger partial charge in [0.1, 0.15) is 5.76 Å². The quantitative estimate of drug-likeness (QED) is 0.0958. The number of fused-ring (bicyclic) bond motifs is 3. The number of nitrogens with zero attached hydrogens (tertiary/aromatic N) is 2. The first-order chi connectivity index (χ1) is 15.9. The van der Waals surface area contributed by atoms with E-state index in [2.05, 4.69) is 91.7 Å². The summed E-state index contributed by atoms with van der Waals surface area (Å²) in [7, 11) is 0. The van der Waals surface area contributed by atoms with Crippen LogP contribution in [0.4, 0.5) is 0 Å². The molecule has 0 bridgehead atoms. The molecule has 0 amide bonds. The fraction of sp³-hybridized carbons (Fsp3) is 0.367. The van der Waals surface area contributed by atoms with E-state index in [1.54, 1.807) is 6.92 Å². The van der Waals surface area contributed by atoms with E-state index in [0.717, 1.165) is 24.2 Å². The van der Waals surface area contributed by atoms with Gasteiger partial charge in [-0.15, -0.1) is 0 Å². The van der Waals surface area contributed by atoms with Crippen molar-refractivity contribution in [2.24, 2.45) is 5.16 Å². The average Bonchev–Trinajstić information content (AvgIpc) is 3.11. The number of hydrogen-bond acceptors (Lipinski definition) is 2. The molecule has 33 heavy (non-hydrogen) atoms. The molecule has 0 atom stereocenters. The van der Waals surface area contributed by atoms with E-state index in [-0.39, 0.29) is 0 Å². The van der Waals surface area contributed by atoms with Crippen LogP contribution in [-0.4, -0.2) is 10.3 Å². The SMILES string of the molecule is C=C(C)O/N=C(\C)c1ccc2c(c1)c1cc(C/C(C)=C/C=C\C)ccc1n2CCCCCC.